The van der Waals surface area contributed by atoms with Gasteiger partial charge in [0.1, 0.15) is 4.99 Å². The van der Waals surface area contributed by atoms with Gasteiger partial charge in [0.2, 0.25) is 5.91 Å². The van der Waals surface area contributed by atoms with Crippen molar-refractivity contribution in [3.8, 4) is 0 Å². The Balaban J connectivity index is 1.55. The van der Waals surface area contributed by atoms with E-state index in [1.165, 1.54) is 17.0 Å². The van der Waals surface area contributed by atoms with E-state index in [-0.39, 0.29) is 28.8 Å². The molecule has 2 aromatic carbocycles. The highest BCUT2D eigenvalue weighted by atomic mass is 32.2. The van der Waals surface area contributed by atoms with E-state index < -0.39 is 5.97 Å². The number of nitrogens with one attached hydrogen (secondary N) is 1. The van der Waals surface area contributed by atoms with Crippen LogP contribution < -0.4 is 10.4 Å². The molecule has 148 valence electrons. The van der Waals surface area contributed by atoms with Crippen molar-refractivity contribution in [2.75, 3.05) is 11.9 Å². The number of carbonyl (C=O) groups excluding carboxylic acids is 3. The Morgan fingerprint density at radius 2 is 1.79 bits per heavy atom. The highest BCUT2D eigenvalue weighted by molar-refractivity contribution is 8.19. The van der Waals surface area contributed by atoms with Gasteiger partial charge in [-0.25, -0.2) is 0 Å². The summed E-state index contributed by atoms with van der Waals surface area (Å²) in [7, 11) is 0. The number of benzene rings is 2. The second kappa shape index (κ2) is 9.49. The van der Waals surface area contributed by atoms with E-state index in [2.05, 4.69) is 5.32 Å². The lowest BCUT2D eigenvalue weighted by atomic mass is 10.1. The van der Waals surface area contributed by atoms with Crippen molar-refractivity contribution < 1.29 is 19.5 Å². The van der Waals surface area contributed by atoms with Crippen LogP contribution in [0.2, 0.25) is 0 Å². The van der Waals surface area contributed by atoms with E-state index in [9.17, 15) is 19.5 Å². The van der Waals surface area contributed by atoms with Gasteiger partial charge in [-0.2, -0.15) is 0 Å². The maximum Gasteiger partial charge on any atom is 0.291 e. The highest BCUT2D eigenvalue weighted by Gasteiger charge is 2.31. The van der Waals surface area contributed by atoms with Gasteiger partial charge in [0.15, 0.2) is 0 Å². The lowest BCUT2D eigenvalue weighted by Crippen LogP contribution is -2.29. The molecule has 0 atom stereocenters. The molecule has 1 aliphatic rings. The summed E-state index contributed by atoms with van der Waals surface area (Å²) < 4.78 is 0. The Morgan fingerprint density at radius 3 is 2.52 bits per heavy atom. The van der Waals surface area contributed by atoms with Crippen LogP contribution in [0.3, 0.4) is 0 Å². The molecule has 0 aromatic heterocycles. The van der Waals surface area contributed by atoms with Crippen molar-refractivity contribution in [2.24, 2.45) is 0 Å². The lowest BCUT2D eigenvalue weighted by Gasteiger charge is -2.15. The van der Waals surface area contributed by atoms with Gasteiger partial charge < -0.3 is 15.2 Å². The second-order valence-electron chi connectivity index (χ2n) is 6.23. The Bertz CT molecular complexity index is 989. The van der Waals surface area contributed by atoms with Gasteiger partial charge in [-0.05, 0) is 35.9 Å². The van der Waals surface area contributed by atoms with E-state index in [0.717, 1.165) is 17.3 Å². The van der Waals surface area contributed by atoms with Crippen LogP contribution >= 0.6 is 24.0 Å². The Morgan fingerprint density at radius 1 is 1.10 bits per heavy atom. The van der Waals surface area contributed by atoms with Crippen LogP contribution in [0.25, 0.3) is 6.08 Å². The molecule has 0 spiro atoms. The number of aromatic carboxylic acids is 1. The van der Waals surface area contributed by atoms with Crippen LogP contribution in [-0.4, -0.2) is 33.5 Å². The fraction of sp³-hybridized carbons (Fsp3) is 0.143. The minimum absolute atomic E-state index is 0.0798. The number of thioether (sulfide) groups is 1. The third-order valence-electron chi connectivity index (χ3n) is 4.18. The van der Waals surface area contributed by atoms with E-state index in [0.29, 0.717) is 22.9 Å². The van der Waals surface area contributed by atoms with E-state index in [4.69, 9.17) is 12.2 Å². The average molecular weight is 426 g/mol. The minimum atomic E-state index is -1.36. The van der Waals surface area contributed by atoms with Crippen LogP contribution in [-0.2, 0) is 4.79 Å². The molecule has 2 aromatic rings. The first-order valence-electron chi connectivity index (χ1n) is 8.86. The van der Waals surface area contributed by atoms with Gasteiger partial charge in [-0.1, -0.05) is 60.7 Å². The van der Waals surface area contributed by atoms with Gasteiger partial charge in [-0.3, -0.25) is 14.5 Å². The van der Waals surface area contributed by atoms with Gasteiger partial charge >= 0.3 is 0 Å². The van der Waals surface area contributed by atoms with E-state index in [1.807, 2.05) is 36.4 Å². The van der Waals surface area contributed by atoms with Crippen molar-refractivity contribution in [3.63, 3.8) is 0 Å². The molecule has 29 heavy (non-hydrogen) atoms. The monoisotopic (exact) mass is 425 g/mol. The predicted molar refractivity (Wildman–Crippen MR) is 115 cm³/mol. The molecule has 1 heterocycles. The molecule has 1 saturated heterocycles. The largest absolute Gasteiger partial charge is 0.545 e. The smallest absolute Gasteiger partial charge is 0.291 e. The maximum absolute atomic E-state index is 12.3. The topological polar surface area (TPSA) is 89.5 Å². The Kier molecular flexibility index (Phi) is 6.79. The number of hydrogen-bond donors (Lipinski definition) is 1. The third kappa shape index (κ3) is 5.30. The lowest BCUT2D eigenvalue weighted by molar-refractivity contribution is -0.254. The number of carboxylic acids is 1. The second-order valence-corrected chi connectivity index (χ2v) is 7.61. The molecule has 0 aliphatic carbocycles. The summed E-state index contributed by atoms with van der Waals surface area (Å²) in [5, 5.41) is 13.5. The van der Waals surface area contributed by atoms with E-state index >= 15 is 0 Å². The first-order valence-corrected chi connectivity index (χ1v) is 10.1. The molecular weight excluding hydrogens is 408 g/mol. The fourth-order valence-corrected chi connectivity index (χ4v) is 4.06. The predicted octanol–water partition coefficient (Wildman–Crippen LogP) is 3.31. The number of rotatable bonds is 7. The zero-order valence-electron chi connectivity index (χ0n) is 15.3. The zero-order valence-corrected chi connectivity index (χ0v) is 16.9. The number of carboxylic acid groups (broad SMARTS) is 1. The van der Waals surface area contributed by atoms with Crippen molar-refractivity contribution in [1.29, 1.82) is 0 Å². The molecule has 0 bridgehead atoms. The molecule has 0 radical (unpaired) electrons. The van der Waals surface area contributed by atoms with Gasteiger partial charge in [0.05, 0.1) is 10.9 Å². The summed E-state index contributed by atoms with van der Waals surface area (Å²) in [5.74, 6) is -1.70. The summed E-state index contributed by atoms with van der Waals surface area (Å²) >= 11 is 6.49. The number of hydrogen-bond acceptors (Lipinski definition) is 6. The molecule has 1 aliphatic heterocycles. The molecule has 0 unspecified atom stereocenters. The quantitative estimate of drug-likeness (QED) is 0.541. The van der Waals surface area contributed by atoms with Gasteiger partial charge in [0, 0.05) is 24.2 Å². The van der Waals surface area contributed by atoms with Crippen LogP contribution in [0, 0.1) is 0 Å². The van der Waals surface area contributed by atoms with Gasteiger partial charge in [0.25, 0.3) is 5.24 Å². The van der Waals surface area contributed by atoms with Crippen LogP contribution in [0.4, 0.5) is 10.5 Å². The summed E-state index contributed by atoms with van der Waals surface area (Å²) in [5.41, 5.74) is 1.07. The average Bonchev–Trinajstić information content (AvgIpc) is 2.96. The van der Waals surface area contributed by atoms with E-state index in [1.54, 1.807) is 12.1 Å². The first kappa shape index (κ1) is 20.8. The van der Waals surface area contributed by atoms with Crippen molar-refractivity contribution in [2.45, 2.75) is 12.8 Å². The number of amides is 2. The number of nitrogens with zero attached hydrogens (tertiary/aromatic N) is 1. The summed E-state index contributed by atoms with van der Waals surface area (Å²) in [6.45, 7) is 0.312. The number of para-hydroxylation sites is 1. The van der Waals surface area contributed by atoms with Crippen molar-refractivity contribution in [3.05, 3.63) is 70.6 Å². The summed E-state index contributed by atoms with van der Waals surface area (Å²) in [4.78, 5) is 38.2. The molecule has 0 saturated carbocycles. The summed E-state index contributed by atoms with van der Waals surface area (Å²) in [6.07, 6.45) is 2.38. The van der Waals surface area contributed by atoms with Crippen LogP contribution in [0.5, 0.6) is 0 Å². The zero-order chi connectivity index (χ0) is 20.8. The normalized spacial score (nSPS) is 15.0. The molecule has 2 amide bonds. The standard InChI is InChI=1S/C21H18N2O4S2/c24-18(22-16-10-5-4-9-15(16)20(25)26)11-6-12-23-19(28)17(29-21(23)27)13-14-7-2-1-3-8-14/h1-5,7-10,13H,6,11-12H2,(H,22,24)(H,25,26)/p-1. The number of carbonyl (C=O) groups is 3. The molecule has 3 rings (SSSR count). The van der Waals surface area contributed by atoms with Crippen molar-refractivity contribution in [1.82, 2.24) is 4.90 Å². The molecule has 8 heteroatoms. The molecular formula is C21H17N2O4S2-. The van der Waals surface area contributed by atoms with Crippen LogP contribution in [0.15, 0.2) is 59.5 Å². The minimum Gasteiger partial charge on any atom is -0.545 e. The highest BCUT2D eigenvalue weighted by Crippen LogP contribution is 2.33. The Labute approximate surface area is 177 Å². The van der Waals surface area contributed by atoms with Gasteiger partial charge in [-0.15, -0.1) is 0 Å². The Hall–Kier alpha value is -2.97. The molecule has 1 fully saturated rings. The van der Waals surface area contributed by atoms with Crippen molar-refractivity contribution >= 4 is 57.8 Å². The maximum atomic E-state index is 12.3. The molecule has 6 nitrogen and oxygen atoms in total. The SMILES string of the molecule is O=C(CCCN1C(=O)SC(=Cc2ccccc2)C1=S)Nc1ccccc1C(=O)[O-]. The first-order chi connectivity index (χ1) is 14.0. The molecule has 1 N–H and O–H groups in total. The number of anilines is 1. The fourth-order valence-electron chi connectivity index (χ4n) is 2.77. The summed E-state index contributed by atoms with van der Waals surface area (Å²) in [6, 6.07) is 15.6. The number of thiocarbonyl (C=S) groups is 1. The third-order valence-corrected chi connectivity index (χ3v) is 5.67. The van der Waals surface area contributed by atoms with Crippen LogP contribution in [0.1, 0.15) is 28.8 Å².